The third-order valence-corrected chi connectivity index (χ3v) is 3.83. The molecule has 102 valence electrons. The highest BCUT2D eigenvalue weighted by atomic mass is 15.3. The van der Waals surface area contributed by atoms with Crippen molar-refractivity contribution in [3.05, 3.63) is 12.2 Å². The van der Waals surface area contributed by atoms with Gasteiger partial charge in [0.2, 0.25) is 0 Å². The summed E-state index contributed by atoms with van der Waals surface area (Å²) in [6.45, 7) is 6.71. The molecule has 1 aliphatic heterocycles. The van der Waals surface area contributed by atoms with E-state index in [0.29, 0.717) is 0 Å². The lowest BCUT2D eigenvalue weighted by Gasteiger charge is -2.33. The molecule has 0 saturated carbocycles. The summed E-state index contributed by atoms with van der Waals surface area (Å²) in [4.78, 5) is 6.81. The van der Waals surface area contributed by atoms with E-state index in [1.54, 1.807) is 6.33 Å². The Labute approximate surface area is 110 Å². The molecule has 1 unspecified atom stereocenters. The maximum Gasteiger partial charge on any atom is 0.140 e. The van der Waals surface area contributed by atoms with E-state index in [1.807, 2.05) is 11.7 Å². The molecule has 0 radical (unpaired) electrons. The fourth-order valence-corrected chi connectivity index (χ4v) is 2.58. The van der Waals surface area contributed by atoms with Crippen LogP contribution in [0.5, 0.6) is 0 Å². The minimum Gasteiger partial charge on any atom is -0.310 e. The Morgan fingerprint density at radius 2 is 2.33 bits per heavy atom. The smallest absolute Gasteiger partial charge is 0.140 e. The number of likely N-dealkylation sites (tertiary alicyclic amines) is 1. The van der Waals surface area contributed by atoms with Crippen LogP contribution in [0.15, 0.2) is 6.33 Å². The molecule has 1 N–H and O–H groups in total. The average Bonchev–Trinajstić information content (AvgIpc) is 2.77. The summed E-state index contributed by atoms with van der Waals surface area (Å²) < 4.78 is 1.82. The normalized spacial score (nSPS) is 21.3. The summed E-state index contributed by atoms with van der Waals surface area (Å²) in [5, 5.41) is 7.49. The molecule has 1 saturated heterocycles. The van der Waals surface area contributed by atoms with Crippen LogP contribution in [0.2, 0.25) is 0 Å². The summed E-state index contributed by atoms with van der Waals surface area (Å²) in [6.07, 6.45) is 6.96. The third kappa shape index (κ3) is 3.78. The molecule has 0 spiro atoms. The van der Waals surface area contributed by atoms with Gasteiger partial charge in [0.1, 0.15) is 12.2 Å². The van der Waals surface area contributed by atoms with E-state index in [9.17, 15) is 0 Å². The topological polar surface area (TPSA) is 46.0 Å². The number of hydrogen-bond acceptors (Lipinski definition) is 4. The van der Waals surface area contributed by atoms with Gasteiger partial charge in [-0.05, 0) is 45.8 Å². The van der Waals surface area contributed by atoms with Crippen LogP contribution < -0.4 is 5.32 Å². The predicted octanol–water partition coefficient (Wildman–Crippen LogP) is 1.17. The SMILES string of the molecule is CC1CCCCN1CCCNCc1ncnn1C. The summed E-state index contributed by atoms with van der Waals surface area (Å²) in [6, 6.07) is 0.775. The highest BCUT2D eigenvalue weighted by molar-refractivity contribution is 4.82. The Morgan fingerprint density at radius 3 is 3.06 bits per heavy atom. The van der Waals surface area contributed by atoms with Crippen LogP contribution in [0.25, 0.3) is 0 Å². The van der Waals surface area contributed by atoms with Gasteiger partial charge >= 0.3 is 0 Å². The molecule has 0 aromatic carbocycles. The Hall–Kier alpha value is -0.940. The van der Waals surface area contributed by atoms with Gasteiger partial charge < -0.3 is 10.2 Å². The van der Waals surface area contributed by atoms with Crippen molar-refractivity contribution in [2.75, 3.05) is 19.6 Å². The minimum absolute atomic E-state index is 0.775. The van der Waals surface area contributed by atoms with E-state index in [-0.39, 0.29) is 0 Å². The largest absolute Gasteiger partial charge is 0.310 e. The van der Waals surface area contributed by atoms with Crippen molar-refractivity contribution in [3.8, 4) is 0 Å². The maximum absolute atomic E-state index is 4.19. The zero-order chi connectivity index (χ0) is 12.8. The lowest BCUT2D eigenvalue weighted by atomic mass is 10.0. The molecule has 1 aromatic rings. The number of hydrogen-bond donors (Lipinski definition) is 1. The first kappa shape index (κ1) is 13.5. The monoisotopic (exact) mass is 251 g/mol. The molecule has 0 aliphatic carbocycles. The van der Waals surface area contributed by atoms with Crippen molar-refractivity contribution in [2.45, 2.75) is 45.2 Å². The van der Waals surface area contributed by atoms with Crippen LogP contribution >= 0.6 is 0 Å². The number of aromatic nitrogens is 3. The highest BCUT2D eigenvalue weighted by Crippen LogP contribution is 2.15. The first-order valence-corrected chi connectivity index (χ1v) is 7.05. The standard InChI is InChI=1S/C13H25N5/c1-12-6-3-4-8-18(12)9-5-7-14-10-13-15-11-16-17(13)2/h11-12,14H,3-10H2,1-2H3. The molecule has 5 nitrogen and oxygen atoms in total. The zero-order valence-electron chi connectivity index (χ0n) is 11.6. The second-order valence-electron chi connectivity index (χ2n) is 5.21. The molecule has 2 heterocycles. The van der Waals surface area contributed by atoms with Crippen LogP contribution in [0.1, 0.15) is 38.4 Å². The van der Waals surface area contributed by atoms with Crippen molar-refractivity contribution in [3.63, 3.8) is 0 Å². The second-order valence-corrected chi connectivity index (χ2v) is 5.21. The lowest BCUT2D eigenvalue weighted by molar-refractivity contribution is 0.159. The van der Waals surface area contributed by atoms with Gasteiger partial charge in [-0.1, -0.05) is 6.42 Å². The number of nitrogens with one attached hydrogen (secondary N) is 1. The summed E-state index contributed by atoms with van der Waals surface area (Å²) in [5.41, 5.74) is 0. The molecule has 18 heavy (non-hydrogen) atoms. The van der Waals surface area contributed by atoms with Gasteiger partial charge in [0.15, 0.2) is 0 Å². The maximum atomic E-state index is 4.19. The molecular formula is C13H25N5. The molecule has 1 atom stereocenters. The molecule has 5 heteroatoms. The van der Waals surface area contributed by atoms with Gasteiger partial charge in [-0.3, -0.25) is 4.68 Å². The van der Waals surface area contributed by atoms with Gasteiger partial charge in [0, 0.05) is 13.1 Å². The third-order valence-electron chi connectivity index (χ3n) is 3.83. The van der Waals surface area contributed by atoms with Gasteiger partial charge in [-0.15, -0.1) is 0 Å². The molecule has 0 bridgehead atoms. The van der Waals surface area contributed by atoms with E-state index < -0.39 is 0 Å². The van der Waals surface area contributed by atoms with Gasteiger partial charge in [0.05, 0.1) is 6.54 Å². The van der Waals surface area contributed by atoms with Gasteiger partial charge in [-0.2, -0.15) is 5.10 Å². The van der Waals surface area contributed by atoms with Crippen molar-refractivity contribution >= 4 is 0 Å². The van der Waals surface area contributed by atoms with Crippen LogP contribution in [0.4, 0.5) is 0 Å². The number of nitrogens with zero attached hydrogens (tertiary/aromatic N) is 4. The van der Waals surface area contributed by atoms with Crippen molar-refractivity contribution in [1.29, 1.82) is 0 Å². The van der Waals surface area contributed by atoms with E-state index in [2.05, 4.69) is 27.2 Å². The summed E-state index contributed by atoms with van der Waals surface area (Å²) in [5.74, 6) is 1.00. The highest BCUT2D eigenvalue weighted by Gasteiger charge is 2.16. The predicted molar refractivity (Wildman–Crippen MR) is 72.2 cm³/mol. The van der Waals surface area contributed by atoms with E-state index in [0.717, 1.165) is 25.0 Å². The van der Waals surface area contributed by atoms with Gasteiger partial charge in [-0.25, -0.2) is 4.98 Å². The zero-order valence-corrected chi connectivity index (χ0v) is 11.6. The van der Waals surface area contributed by atoms with Crippen molar-refractivity contribution in [2.24, 2.45) is 7.05 Å². The van der Waals surface area contributed by atoms with Crippen LogP contribution in [0.3, 0.4) is 0 Å². The molecule has 1 aromatic heterocycles. The number of rotatable bonds is 6. The Balaban J connectivity index is 1.57. The first-order chi connectivity index (χ1) is 8.77. The molecule has 1 aliphatic rings. The van der Waals surface area contributed by atoms with Crippen molar-refractivity contribution < 1.29 is 0 Å². The number of piperidine rings is 1. The second kappa shape index (κ2) is 6.85. The van der Waals surface area contributed by atoms with Crippen LogP contribution in [-0.2, 0) is 13.6 Å². The van der Waals surface area contributed by atoms with Gasteiger partial charge in [0.25, 0.3) is 0 Å². The quantitative estimate of drug-likeness (QED) is 0.771. The first-order valence-electron chi connectivity index (χ1n) is 7.05. The fourth-order valence-electron chi connectivity index (χ4n) is 2.58. The minimum atomic E-state index is 0.775. The summed E-state index contributed by atoms with van der Waals surface area (Å²) >= 11 is 0. The van der Waals surface area contributed by atoms with Crippen LogP contribution in [0, 0.1) is 0 Å². The average molecular weight is 251 g/mol. The Kier molecular flexibility index (Phi) is 5.13. The fraction of sp³-hybridized carbons (Fsp3) is 0.846. The van der Waals surface area contributed by atoms with Crippen LogP contribution in [-0.4, -0.2) is 45.3 Å². The summed E-state index contributed by atoms with van der Waals surface area (Å²) in [7, 11) is 1.93. The van der Waals surface area contributed by atoms with E-state index in [4.69, 9.17) is 0 Å². The molecule has 0 amide bonds. The van der Waals surface area contributed by atoms with E-state index >= 15 is 0 Å². The number of aryl methyl sites for hydroxylation is 1. The molecule has 2 rings (SSSR count). The van der Waals surface area contributed by atoms with E-state index in [1.165, 1.54) is 38.8 Å². The molecular weight excluding hydrogens is 226 g/mol. The Morgan fingerprint density at radius 1 is 1.44 bits per heavy atom. The van der Waals surface area contributed by atoms with Crippen molar-refractivity contribution in [1.82, 2.24) is 25.0 Å². The molecule has 1 fully saturated rings. The Bertz CT molecular complexity index is 349. The lowest BCUT2D eigenvalue weighted by Crippen LogP contribution is -2.38.